The predicted octanol–water partition coefficient (Wildman–Crippen LogP) is 2.22. The second-order valence-electron chi connectivity index (χ2n) is 4.45. The van der Waals surface area contributed by atoms with Crippen molar-refractivity contribution < 1.29 is 9.15 Å². The fourth-order valence-corrected chi connectivity index (χ4v) is 1.81. The van der Waals surface area contributed by atoms with Gasteiger partial charge in [-0.2, -0.15) is 0 Å². The van der Waals surface area contributed by atoms with Crippen LogP contribution < -0.4 is 10.6 Å². The van der Waals surface area contributed by atoms with Gasteiger partial charge in [0, 0.05) is 26.1 Å². The molecule has 0 radical (unpaired) electrons. The summed E-state index contributed by atoms with van der Waals surface area (Å²) in [5.41, 5.74) is 0. The average Bonchev–Trinajstić information content (AvgIpc) is 2.94. The first-order chi connectivity index (χ1) is 10.2. The number of oxazole rings is 1. The van der Waals surface area contributed by atoms with Crippen LogP contribution in [0.25, 0.3) is 0 Å². The molecule has 114 valence electrons. The summed E-state index contributed by atoms with van der Waals surface area (Å²) in [6.45, 7) is 5.69. The SMILES string of the molecule is CCNc1cc(NCc2ncc(CC)o2)nc(COC)n1. The standard InChI is InChI=1S/C14H21N5O2/c1-4-10-7-17-14(21-10)8-16-12-6-11(15-5-2)18-13(19-12)9-20-3/h6-7H,4-5,8-9H2,1-3H3,(H2,15,16,18,19). The molecule has 0 saturated carbocycles. The summed E-state index contributed by atoms with van der Waals surface area (Å²) in [4.78, 5) is 13.0. The zero-order chi connectivity index (χ0) is 15.1. The molecule has 21 heavy (non-hydrogen) atoms. The monoisotopic (exact) mass is 291 g/mol. The van der Waals surface area contributed by atoms with Crippen LogP contribution in [0.5, 0.6) is 0 Å². The Hall–Kier alpha value is -2.15. The zero-order valence-corrected chi connectivity index (χ0v) is 12.6. The van der Waals surface area contributed by atoms with E-state index in [1.54, 1.807) is 13.3 Å². The van der Waals surface area contributed by atoms with Crippen molar-refractivity contribution in [2.24, 2.45) is 0 Å². The number of aryl methyl sites for hydroxylation is 1. The van der Waals surface area contributed by atoms with Gasteiger partial charge in [-0.3, -0.25) is 0 Å². The van der Waals surface area contributed by atoms with E-state index in [4.69, 9.17) is 9.15 Å². The van der Waals surface area contributed by atoms with E-state index >= 15 is 0 Å². The molecule has 0 atom stereocenters. The molecule has 0 aliphatic carbocycles. The first-order valence-electron chi connectivity index (χ1n) is 7.03. The second-order valence-corrected chi connectivity index (χ2v) is 4.45. The minimum absolute atomic E-state index is 0.368. The Morgan fingerprint density at radius 3 is 2.57 bits per heavy atom. The number of ether oxygens (including phenoxy) is 1. The molecule has 0 bridgehead atoms. The van der Waals surface area contributed by atoms with Gasteiger partial charge < -0.3 is 19.8 Å². The highest BCUT2D eigenvalue weighted by atomic mass is 16.5. The van der Waals surface area contributed by atoms with Gasteiger partial charge in [0.15, 0.2) is 5.82 Å². The first kappa shape index (κ1) is 15.2. The number of hydrogen-bond donors (Lipinski definition) is 2. The molecule has 2 N–H and O–H groups in total. The second kappa shape index (κ2) is 7.58. The van der Waals surface area contributed by atoms with Crippen LogP contribution in [0.3, 0.4) is 0 Å². The van der Waals surface area contributed by atoms with E-state index in [2.05, 4.69) is 25.6 Å². The number of anilines is 2. The number of aromatic nitrogens is 3. The molecule has 2 aromatic rings. The lowest BCUT2D eigenvalue weighted by atomic mass is 10.4. The van der Waals surface area contributed by atoms with Gasteiger partial charge in [0.25, 0.3) is 0 Å². The fourth-order valence-electron chi connectivity index (χ4n) is 1.81. The van der Waals surface area contributed by atoms with E-state index < -0.39 is 0 Å². The van der Waals surface area contributed by atoms with Crippen LogP contribution in [-0.2, 0) is 24.3 Å². The molecular formula is C14H21N5O2. The fraction of sp³-hybridized carbons (Fsp3) is 0.500. The minimum atomic E-state index is 0.368. The molecule has 7 nitrogen and oxygen atoms in total. The first-order valence-corrected chi connectivity index (χ1v) is 7.03. The van der Waals surface area contributed by atoms with Gasteiger partial charge in [-0.25, -0.2) is 15.0 Å². The third-order valence-corrected chi connectivity index (χ3v) is 2.77. The summed E-state index contributed by atoms with van der Waals surface area (Å²) in [5.74, 6) is 3.62. The summed E-state index contributed by atoms with van der Waals surface area (Å²) in [6.07, 6.45) is 2.58. The molecule has 7 heteroatoms. The van der Waals surface area contributed by atoms with Crippen molar-refractivity contribution in [2.75, 3.05) is 24.3 Å². The number of nitrogens with one attached hydrogen (secondary N) is 2. The van der Waals surface area contributed by atoms with Crippen LogP contribution in [0, 0.1) is 0 Å². The highest BCUT2D eigenvalue weighted by molar-refractivity contribution is 5.47. The lowest BCUT2D eigenvalue weighted by Gasteiger charge is -2.09. The molecule has 0 aliphatic rings. The van der Waals surface area contributed by atoms with Crippen molar-refractivity contribution in [3.63, 3.8) is 0 Å². The Morgan fingerprint density at radius 1 is 1.19 bits per heavy atom. The van der Waals surface area contributed by atoms with Crippen molar-refractivity contribution in [3.8, 4) is 0 Å². The number of hydrogen-bond acceptors (Lipinski definition) is 7. The van der Waals surface area contributed by atoms with Crippen LogP contribution in [0.1, 0.15) is 31.3 Å². The summed E-state index contributed by atoms with van der Waals surface area (Å²) in [5, 5.41) is 6.37. The van der Waals surface area contributed by atoms with Gasteiger partial charge in [-0.1, -0.05) is 6.92 Å². The maximum atomic E-state index is 5.55. The van der Waals surface area contributed by atoms with Gasteiger partial charge in [-0.05, 0) is 6.92 Å². The maximum absolute atomic E-state index is 5.55. The van der Waals surface area contributed by atoms with E-state index in [1.807, 2.05) is 19.9 Å². The van der Waals surface area contributed by atoms with Crippen LogP contribution in [0.2, 0.25) is 0 Å². The molecule has 0 spiro atoms. The molecular weight excluding hydrogens is 270 g/mol. The number of methoxy groups -OCH3 is 1. The van der Waals surface area contributed by atoms with Crippen molar-refractivity contribution in [1.82, 2.24) is 15.0 Å². The van der Waals surface area contributed by atoms with Crippen molar-refractivity contribution >= 4 is 11.6 Å². The molecule has 2 rings (SSSR count). The Balaban J connectivity index is 2.06. The molecule has 0 saturated heterocycles. The van der Waals surface area contributed by atoms with Gasteiger partial charge in [0.2, 0.25) is 5.89 Å². The molecule has 0 unspecified atom stereocenters. The van der Waals surface area contributed by atoms with E-state index in [-0.39, 0.29) is 0 Å². The summed E-state index contributed by atoms with van der Waals surface area (Å²) < 4.78 is 10.6. The van der Waals surface area contributed by atoms with E-state index in [9.17, 15) is 0 Å². The van der Waals surface area contributed by atoms with E-state index in [0.717, 1.165) is 24.5 Å². The van der Waals surface area contributed by atoms with Gasteiger partial charge in [0.05, 0.1) is 12.7 Å². The van der Waals surface area contributed by atoms with Gasteiger partial charge in [0.1, 0.15) is 24.0 Å². The van der Waals surface area contributed by atoms with E-state index in [1.165, 1.54) is 0 Å². The molecule has 0 aliphatic heterocycles. The quantitative estimate of drug-likeness (QED) is 0.771. The Bertz CT molecular complexity index is 546. The lowest BCUT2D eigenvalue weighted by molar-refractivity contribution is 0.178. The Kier molecular flexibility index (Phi) is 5.51. The Labute approximate surface area is 124 Å². The largest absolute Gasteiger partial charge is 0.444 e. The van der Waals surface area contributed by atoms with Crippen LogP contribution >= 0.6 is 0 Å². The zero-order valence-electron chi connectivity index (χ0n) is 12.6. The molecule has 2 heterocycles. The molecule has 0 fully saturated rings. The van der Waals surface area contributed by atoms with E-state index in [0.29, 0.717) is 30.7 Å². The molecule has 0 aromatic carbocycles. The molecule has 2 aromatic heterocycles. The topological polar surface area (TPSA) is 85.1 Å². The number of rotatable bonds is 8. The minimum Gasteiger partial charge on any atom is -0.444 e. The summed E-state index contributed by atoms with van der Waals surface area (Å²) >= 11 is 0. The summed E-state index contributed by atoms with van der Waals surface area (Å²) in [7, 11) is 1.62. The third-order valence-electron chi connectivity index (χ3n) is 2.77. The normalized spacial score (nSPS) is 10.6. The van der Waals surface area contributed by atoms with Crippen molar-refractivity contribution in [2.45, 2.75) is 33.4 Å². The smallest absolute Gasteiger partial charge is 0.213 e. The maximum Gasteiger partial charge on any atom is 0.213 e. The average molecular weight is 291 g/mol. The highest BCUT2D eigenvalue weighted by Crippen LogP contribution is 2.13. The van der Waals surface area contributed by atoms with Crippen molar-refractivity contribution in [1.29, 1.82) is 0 Å². The predicted molar refractivity (Wildman–Crippen MR) is 80.1 cm³/mol. The molecule has 0 amide bonds. The highest BCUT2D eigenvalue weighted by Gasteiger charge is 2.06. The number of nitrogens with zero attached hydrogens (tertiary/aromatic N) is 3. The third kappa shape index (κ3) is 4.42. The van der Waals surface area contributed by atoms with Gasteiger partial charge >= 0.3 is 0 Å². The Morgan fingerprint density at radius 2 is 1.95 bits per heavy atom. The summed E-state index contributed by atoms with van der Waals surface area (Å²) in [6, 6.07) is 1.85. The van der Waals surface area contributed by atoms with Crippen LogP contribution in [0.4, 0.5) is 11.6 Å². The van der Waals surface area contributed by atoms with Crippen LogP contribution in [-0.4, -0.2) is 28.6 Å². The van der Waals surface area contributed by atoms with Crippen molar-refractivity contribution in [3.05, 3.63) is 29.7 Å². The van der Waals surface area contributed by atoms with Gasteiger partial charge in [-0.15, -0.1) is 0 Å². The lowest BCUT2D eigenvalue weighted by Crippen LogP contribution is -2.08. The van der Waals surface area contributed by atoms with Crippen LogP contribution in [0.15, 0.2) is 16.7 Å².